The number of hydrogen-bond donors (Lipinski definition) is 2. The molecule has 0 aromatic carbocycles. The maximum Gasteiger partial charge on any atom is 0.191 e. The molecule has 2 aliphatic heterocycles. The highest BCUT2D eigenvalue weighted by molar-refractivity contribution is 14.0. The van der Waals surface area contributed by atoms with Crippen LogP contribution >= 0.6 is 24.0 Å². The molecule has 2 N–H and O–H groups in total. The minimum atomic E-state index is 0. The minimum Gasteiger partial charge on any atom is -0.373 e. The summed E-state index contributed by atoms with van der Waals surface area (Å²) in [4.78, 5) is 4.71. The molecule has 0 aromatic heterocycles. The summed E-state index contributed by atoms with van der Waals surface area (Å²) in [5.74, 6) is 2.68. The fourth-order valence-electron chi connectivity index (χ4n) is 3.15. The van der Waals surface area contributed by atoms with Gasteiger partial charge in [0, 0.05) is 13.1 Å². The third-order valence-electron chi connectivity index (χ3n) is 4.53. The fraction of sp³-hybridized carbons (Fsp3) is 0.929. The van der Waals surface area contributed by atoms with E-state index >= 15 is 0 Å². The third kappa shape index (κ3) is 3.74. The average molecular weight is 379 g/mol. The van der Waals surface area contributed by atoms with Crippen LogP contribution in [0.1, 0.15) is 39.5 Å². The van der Waals surface area contributed by atoms with Crippen LogP contribution in [0.5, 0.6) is 0 Å². The second-order valence-electron chi connectivity index (χ2n) is 6.05. The number of hydrogen-bond acceptors (Lipinski definition) is 2. The summed E-state index contributed by atoms with van der Waals surface area (Å²) in [6.45, 7) is 6.32. The van der Waals surface area contributed by atoms with Gasteiger partial charge in [-0.1, -0.05) is 6.92 Å². The Morgan fingerprint density at radius 2 is 2.11 bits per heavy atom. The van der Waals surface area contributed by atoms with Crippen LogP contribution in [-0.4, -0.2) is 37.3 Å². The zero-order valence-electron chi connectivity index (χ0n) is 11.9. The Hall–Kier alpha value is -0.0400. The lowest BCUT2D eigenvalue weighted by Gasteiger charge is -2.22. The first-order chi connectivity index (χ1) is 8.76. The van der Waals surface area contributed by atoms with Crippen LogP contribution in [0, 0.1) is 11.8 Å². The number of aliphatic imine (C=N–C) groups is 1. The summed E-state index contributed by atoms with van der Waals surface area (Å²) in [6, 6.07) is 0.471. The maximum absolute atomic E-state index is 5.87. The summed E-state index contributed by atoms with van der Waals surface area (Å²) >= 11 is 0. The Balaban J connectivity index is 0.00000133. The molecule has 3 fully saturated rings. The molecule has 4 nitrogen and oxygen atoms in total. The molecule has 0 spiro atoms. The maximum atomic E-state index is 5.87. The lowest BCUT2D eigenvalue weighted by atomic mass is 9.96. The van der Waals surface area contributed by atoms with Crippen LogP contribution in [-0.2, 0) is 4.74 Å². The van der Waals surface area contributed by atoms with Crippen molar-refractivity contribution in [3.05, 3.63) is 0 Å². The van der Waals surface area contributed by atoms with Gasteiger partial charge in [-0.3, -0.25) is 4.99 Å². The van der Waals surface area contributed by atoms with Gasteiger partial charge in [-0.25, -0.2) is 0 Å². The lowest BCUT2D eigenvalue weighted by molar-refractivity contribution is 0.0992. The molecule has 1 saturated carbocycles. The molecule has 2 heterocycles. The zero-order chi connectivity index (χ0) is 12.5. The van der Waals surface area contributed by atoms with Gasteiger partial charge in [-0.05, 0) is 44.4 Å². The van der Waals surface area contributed by atoms with Crippen molar-refractivity contribution in [1.82, 2.24) is 10.6 Å². The van der Waals surface area contributed by atoms with Gasteiger partial charge < -0.3 is 15.4 Å². The van der Waals surface area contributed by atoms with Crippen LogP contribution in [0.3, 0.4) is 0 Å². The highest BCUT2D eigenvalue weighted by Crippen LogP contribution is 2.37. The Bertz CT molecular complexity index is 337. The van der Waals surface area contributed by atoms with E-state index < -0.39 is 0 Å². The van der Waals surface area contributed by atoms with E-state index in [-0.39, 0.29) is 24.0 Å². The standard InChI is InChI=1S/C14H25N3O.HI/c1-3-15-14(16-8-10-6-9(10)2)17-12-7-11-4-5-13(12)18-11;/h9-13H,3-8H2,1-2H3,(H2,15,16,17);1H. The van der Waals surface area contributed by atoms with E-state index in [1.165, 1.54) is 19.3 Å². The van der Waals surface area contributed by atoms with E-state index in [0.29, 0.717) is 18.2 Å². The van der Waals surface area contributed by atoms with Crippen LogP contribution in [0.15, 0.2) is 4.99 Å². The van der Waals surface area contributed by atoms with E-state index in [1.54, 1.807) is 0 Å². The molecular weight excluding hydrogens is 353 g/mol. The molecule has 110 valence electrons. The fourth-order valence-corrected chi connectivity index (χ4v) is 3.15. The van der Waals surface area contributed by atoms with Crippen LogP contribution in [0.4, 0.5) is 0 Å². The molecule has 3 aliphatic rings. The van der Waals surface area contributed by atoms with E-state index in [4.69, 9.17) is 9.73 Å². The SMILES string of the molecule is CCNC(=NCC1CC1C)NC1CC2CCC1O2.I. The molecule has 5 unspecified atom stereocenters. The van der Waals surface area contributed by atoms with Gasteiger partial charge in [0.05, 0.1) is 18.2 Å². The van der Waals surface area contributed by atoms with Gasteiger partial charge in [-0.15, -0.1) is 24.0 Å². The first-order valence-corrected chi connectivity index (χ1v) is 7.46. The molecule has 0 aromatic rings. The van der Waals surface area contributed by atoms with Crippen molar-refractivity contribution in [2.75, 3.05) is 13.1 Å². The van der Waals surface area contributed by atoms with Gasteiger partial charge in [0.2, 0.25) is 0 Å². The molecule has 1 aliphatic carbocycles. The third-order valence-corrected chi connectivity index (χ3v) is 4.53. The zero-order valence-corrected chi connectivity index (χ0v) is 14.2. The van der Waals surface area contributed by atoms with Crippen molar-refractivity contribution < 1.29 is 4.74 Å². The number of nitrogens with one attached hydrogen (secondary N) is 2. The van der Waals surface area contributed by atoms with Crippen molar-refractivity contribution in [2.24, 2.45) is 16.8 Å². The molecule has 5 atom stereocenters. The Morgan fingerprint density at radius 3 is 2.63 bits per heavy atom. The molecule has 2 saturated heterocycles. The van der Waals surface area contributed by atoms with Gasteiger partial charge in [0.1, 0.15) is 0 Å². The summed E-state index contributed by atoms with van der Waals surface area (Å²) in [6.07, 6.45) is 5.87. The predicted molar refractivity (Wildman–Crippen MR) is 88.1 cm³/mol. The quantitative estimate of drug-likeness (QED) is 0.447. The molecule has 3 rings (SSSR count). The molecule has 2 bridgehead atoms. The number of nitrogens with zero attached hydrogens (tertiary/aromatic N) is 1. The second-order valence-corrected chi connectivity index (χ2v) is 6.05. The monoisotopic (exact) mass is 379 g/mol. The van der Waals surface area contributed by atoms with E-state index in [2.05, 4.69) is 24.5 Å². The van der Waals surface area contributed by atoms with E-state index in [0.717, 1.165) is 37.3 Å². The molecule has 19 heavy (non-hydrogen) atoms. The average Bonchev–Trinajstić information content (AvgIpc) is 2.78. The Labute approximate surface area is 133 Å². The van der Waals surface area contributed by atoms with Crippen molar-refractivity contribution in [3.8, 4) is 0 Å². The topological polar surface area (TPSA) is 45.7 Å². The summed E-state index contributed by atoms with van der Waals surface area (Å²) in [5.41, 5.74) is 0. The summed E-state index contributed by atoms with van der Waals surface area (Å²) < 4.78 is 5.87. The first-order valence-electron chi connectivity index (χ1n) is 7.46. The van der Waals surface area contributed by atoms with Crippen LogP contribution in [0.25, 0.3) is 0 Å². The molecule has 0 radical (unpaired) electrons. The summed E-state index contributed by atoms with van der Waals surface area (Å²) in [5, 5.41) is 6.91. The lowest BCUT2D eigenvalue weighted by Crippen LogP contribution is -2.47. The first kappa shape index (κ1) is 15.4. The number of guanidine groups is 1. The largest absolute Gasteiger partial charge is 0.373 e. The van der Waals surface area contributed by atoms with Crippen LogP contribution in [0.2, 0.25) is 0 Å². The minimum absolute atomic E-state index is 0. The highest BCUT2D eigenvalue weighted by Gasteiger charge is 2.41. The van der Waals surface area contributed by atoms with E-state index in [1.807, 2.05) is 0 Å². The predicted octanol–water partition coefficient (Wildman–Crippen LogP) is 2.14. The number of halogens is 1. The highest BCUT2D eigenvalue weighted by atomic mass is 127. The van der Waals surface area contributed by atoms with E-state index in [9.17, 15) is 0 Å². The van der Waals surface area contributed by atoms with Crippen molar-refractivity contribution in [3.63, 3.8) is 0 Å². The second kappa shape index (κ2) is 6.61. The number of rotatable bonds is 4. The van der Waals surface area contributed by atoms with Crippen molar-refractivity contribution in [2.45, 2.75) is 57.8 Å². The van der Waals surface area contributed by atoms with Crippen LogP contribution < -0.4 is 10.6 Å². The summed E-state index contributed by atoms with van der Waals surface area (Å²) in [7, 11) is 0. The smallest absolute Gasteiger partial charge is 0.191 e. The van der Waals surface area contributed by atoms with Gasteiger partial charge in [-0.2, -0.15) is 0 Å². The number of fused-ring (bicyclic) bond motifs is 2. The van der Waals surface area contributed by atoms with Gasteiger partial charge in [0.15, 0.2) is 5.96 Å². The number of ether oxygens (including phenoxy) is 1. The van der Waals surface area contributed by atoms with Crippen molar-refractivity contribution in [1.29, 1.82) is 0 Å². The van der Waals surface area contributed by atoms with Gasteiger partial charge >= 0.3 is 0 Å². The Kier molecular flexibility index (Phi) is 5.34. The molecular formula is C14H26IN3O. The van der Waals surface area contributed by atoms with Crippen molar-refractivity contribution >= 4 is 29.9 Å². The molecule has 5 heteroatoms. The van der Waals surface area contributed by atoms with Gasteiger partial charge in [0.25, 0.3) is 0 Å². The molecule has 0 amide bonds. The normalized spacial score (nSPS) is 39.9. The Morgan fingerprint density at radius 1 is 1.32 bits per heavy atom.